The van der Waals surface area contributed by atoms with Crippen molar-refractivity contribution in [3.63, 3.8) is 0 Å². The third kappa shape index (κ3) is 6.66. The lowest BCUT2D eigenvalue weighted by Gasteiger charge is -2.45. The quantitative estimate of drug-likeness (QED) is 0.225. The Morgan fingerprint density at radius 2 is 1.73 bits per heavy atom. The van der Waals surface area contributed by atoms with Crippen molar-refractivity contribution in [3.8, 4) is 0 Å². The van der Waals surface area contributed by atoms with Crippen molar-refractivity contribution < 1.29 is 24.2 Å². The molecule has 0 saturated carbocycles. The van der Waals surface area contributed by atoms with E-state index in [-0.39, 0.29) is 29.7 Å². The van der Waals surface area contributed by atoms with E-state index in [2.05, 4.69) is 47.8 Å². The van der Waals surface area contributed by atoms with Gasteiger partial charge in [-0.1, -0.05) is 63.3 Å². The van der Waals surface area contributed by atoms with Crippen LogP contribution in [0, 0.1) is 17.3 Å². The molecule has 0 radical (unpaired) electrons. The number of carbonyl (C=O) groups is 3. The van der Waals surface area contributed by atoms with Gasteiger partial charge in [0.05, 0.1) is 17.9 Å². The molecule has 3 aliphatic heterocycles. The van der Waals surface area contributed by atoms with Gasteiger partial charge in [0.25, 0.3) is 0 Å². The van der Waals surface area contributed by atoms with Gasteiger partial charge in [-0.2, -0.15) is 0 Å². The zero-order valence-electron chi connectivity index (χ0n) is 27.5. The molecule has 44 heavy (non-hydrogen) atoms. The largest absolute Gasteiger partial charge is 0.396 e. The van der Waals surface area contributed by atoms with E-state index in [0.717, 1.165) is 18.4 Å². The summed E-state index contributed by atoms with van der Waals surface area (Å²) in [6, 6.07) is 8.99. The van der Waals surface area contributed by atoms with Crippen LogP contribution >= 0.6 is 0 Å². The SMILES string of the molecule is C=CCN(Cc1ccccc1)C(=O)[C@@H]1[C@H]2C(=O)N(CCCCCO)C(C(=O)N(CC=C)C(C)(C)CC(C)(C)C)C23CC[C@H]1O3. The van der Waals surface area contributed by atoms with E-state index in [9.17, 15) is 19.5 Å². The Kier molecular flexibility index (Phi) is 10.5. The molecule has 1 aromatic carbocycles. The number of rotatable bonds is 15. The molecule has 8 heteroatoms. The highest BCUT2D eigenvalue weighted by atomic mass is 16.5. The van der Waals surface area contributed by atoms with Gasteiger partial charge in [0.1, 0.15) is 11.6 Å². The van der Waals surface area contributed by atoms with E-state index in [1.165, 1.54) is 0 Å². The Labute approximate surface area is 264 Å². The van der Waals surface area contributed by atoms with E-state index in [4.69, 9.17) is 4.74 Å². The summed E-state index contributed by atoms with van der Waals surface area (Å²) >= 11 is 0. The van der Waals surface area contributed by atoms with Crippen molar-refractivity contribution >= 4 is 17.7 Å². The Hall–Kier alpha value is -2.97. The third-order valence-electron chi connectivity index (χ3n) is 9.53. The Bertz CT molecular complexity index is 1210. The molecule has 0 aliphatic carbocycles. The molecule has 8 nitrogen and oxygen atoms in total. The fraction of sp³-hybridized carbons (Fsp3) is 0.639. The average Bonchev–Trinajstić information content (AvgIpc) is 3.59. The number of likely N-dealkylation sites (tertiary alicyclic amines) is 1. The first kappa shape index (κ1) is 33.9. The van der Waals surface area contributed by atoms with Gasteiger partial charge in [-0.15, -0.1) is 13.2 Å². The van der Waals surface area contributed by atoms with E-state index < -0.39 is 35.1 Å². The zero-order valence-corrected chi connectivity index (χ0v) is 27.5. The van der Waals surface area contributed by atoms with Crippen molar-refractivity contribution in [1.29, 1.82) is 0 Å². The van der Waals surface area contributed by atoms with Gasteiger partial charge in [-0.25, -0.2) is 0 Å². The van der Waals surface area contributed by atoms with Crippen LogP contribution in [0.1, 0.15) is 78.7 Å². The number of aliphatic hydroxyl groups is 1. The molecule has 4 rings (SSSR count). The van der Waals surface area contributed by atoms with Crippen molar-refractivity contribution in [2.45, 2.75) is 103 Å². The summed E-state index contributed by atoms with van der Waals surface area (Å²) in [5, 5.41) is 9.36. The summed E-state index contributed by atoms with van der Waals surface area (Å²) in [5.41, 5.74) is -0.599. The molecule has 1 aromatic rings. The first-order valence-electron chi connectivity index (χ1n) is 16.3. The maximum atomic E-state index is 14.8. The molecule has 2 unspecified atom stereocenters. The zero-order chi connectivity index (χ0) is 32.3. The molecule has 242 valence electrons. The first-order valence-corrected chi connectivity index (χ1v) is 16.3. The standard InChI is InChI=1S/C36H53N3O5/c1-8-20-37(24-26-16-12-10-13-17-26)31(41)28-27-18-19-36(44-27)29(28)32(42)38(22-14-11-15-23-40)30(36)33(43)39(21-9-2)35(6,7)25-34(3,4)5/h8-10,12-13,16-17,27-30,40H,1-2,11,14-15,18-25H2,3-7H3/t27-,28+,29+,30?,36?/m1/s1. The highest BCUT2D eigenvalue weighted by Crippen LogP contribution is 2.59. The van der Waals surface area contributed by atoms with Crippen LogP contribution in [0.3, 0.4) is 0 Å². The summed E-state index contributed by atoms with van der Waals surface area (Å²) in [6.45, 7) is 20.0. The van der Waals surface area contributed by atoms with Gasteiger partial charge < -0.3 is 24.5 Å². The molecular formula is C36H53N3O5. The van der Waals surface area contributed by atoms with E-state index in [0.29, 0.717) is 51.9 Å². The summed E-state index contributed by atoms with van der Waals surface area (Å²) in [6.07, 6.45) is 7.01. The summed E-state index contributed by atoms with van der Waals surface area (Å²) in [7, 11) is 0. The number of benzene rings is 1. The van der Waals surface area contributed by atoms with Crippen LogP contribution in [0.5, 0.6) is 0 Å². The monoisotopic (exact) mass is 607 g/mol. The molecule has 1 N–H and O–H groups in total. The fourth-order valence-electron chi connectivity index (χ4n) is 8.23. The molecule has 3 aliphatic rings. The average molecular weight is 608 g/mol. The number of hydrogen-bond acceptors (Lipinski definition) is 5. The van der Waals surface area contributed by atoms with Gasteiger partial charge in [0.2, 0.25) is 17.7 Å². The van der Waals surface area contributed by atoms with Crippen LogP contribution in [-0.4, -0.2) is 87.1 Å². The van der Waals surface area contributed by atoms with Crippen molar-refractivity contribution in [3.05, 3.63) is 61.2 Å². The minimum Gasteiger partial charge on any atom is -0.396 e. The second kappa shape index (κ2) is 13.6. The van der Waals surface area contributed by atoms with Crippen LogP contribution in [0.15, 0.2) is 55.6 Å². The molecule has 3 heterocycles. The van der Waals surface area contributed by atoms with Crippen LogP contribution in [0.4, 0.5) is 0 Å². The van der Waals surface area contributed by atoms with Crippen molar-refractivity contribution in [2.24, 2.45) is 17.3 Å². The van der Waals surface area contributed by atoms with Crippen LogP contribution in [0.25, 0.3) is 0 Å². The predicted octanol–water partition coefficient (Wildman–Crippen LogP) is 4.97. The number of carbonyl (C=O) groups excluding carboxylic acids is 3. The van der Waals surface area contributed by atoms with Crippen molar-refractivity contribution in [1.82, 2.24) is 14.7 Å². The lowest BCUT2D eigenvalue weighted by atomic mass is 9.70. The number of unbranched alkanes of at least 4 members (excludes halogenated alkanes) is 2. The van der Waals surface area contributed by atoms with Gasteiger partial charge in [-0.3, -0.25) is 14.4 Å². The minimum atomic E-state index is -1.06. The second-order valence-electron chi connectivity index (χ2n) is 14.7. The molecule has 3 fully saturated rings. The van der Waals surface area contributed by atoms with Crippen LogP contribution in [-0.2, 0) is 25.7 Å². The normalized spacial score (nSPS) is 26.0. The highest BCUT2D eigenvalue weighted by molar-refractivity contribution is 5.99. The van der Waals surface area contributed by atoms with E-state index in [1.54, 1.807) is 22.0 Å². The number of fused-ring (bicyclic) bond motifs is 1. The number of hydrogen-bond donors (Lipinski definition) is 1. The lowest BCUT2D eigenvalue weighted by molar-refractivity contribution is -0.153. The van der Waals surface area contributed by atoms with Crippen LogP contribution in [0.2, 0.25) is 0 Å². The topological polar surface area (TPSA) is 90.4 Å². The minimum absolute atomic E-state index is 0.0350. The molecule has 2 bridgehead atoms. The molecule has 5 atom stereocenters. The number of amides is 3. The molecule has 3 amide bonds. The van der Waals surface area contributed by atoms with E-state index >= 15 is 0 Å². The van der Waals surface area contributed by atoms with Gasteiger partial charge in [0.15, 0.2) is 0 Å². The maximum absolute atomic E-state index is 14.8. The molecule has 1 spiro atoms. The molecule has 0 aromatic heterocycles. The lowest BCUT2D eigenvalue weighted by Crippen LogP contribution is -2.61. The third-order valence-corrected chi connectivity index (χ3v) is 9.53. The Morgan fingerprint density at radius 3 is 2.34 bits per heavy atom. The second-order valence-corrected chi connectivity index (χ2v) is 14.7. The van der Waals surface area contributed by atoms with Crippen molar-refractivity contribution in [2.75, 3.05) is 26.2 Å². The summed E-state index contributed by atoms with van der Waals surface area (Å²) in [4.78, 5) is 49.0. The smallest absolute Gasteiger partial charge is 0.249 e. The first-order chi connectivity index (χ1) is 20.8. The highest BCUT2D eigenvalue weighted by Gasteiger charge is 2.75. The van der Waals surface area contributed by atoms with E-state index in [1.807, 2.05) is 35.2 Å². The number of ether oxygens (including phenoxy) is 1. The number of aliphatic hydroxyl groups excluding tert-OH is 1. The van der Waals surface area contributed by atoms with Gasteiger partial charge in [-0.05, 0) is 63.4 Å². The fourth-order valence-corrected chi connectivity index (χ4v) is 8.23. The molecule has 3 saturated heterocycles. The van der Waals surface area contributed by atoms with Crippen LogP contribution < -0.4 is 0 Å². The predicted molar refractivity (Wildman–Crippen MR) is 172 cm³/mol. The summed E-state index contributed by atoms with van der Waals surface area (Å²) in [5.74, 6) is -1.81. The van der Waals surface area contributed by atoms with Gasteiger partial charge in [0, 0.05) is 38.3 Å². The Balaban J connectivity index is 1.72. The molecular weight excluding hydrogens is 554 g/mol. The number of nitrogens with zero attached hydrogens (tertiary/aromatic N) is 3. The maximum Gasteiger partial charge on any atom is 0.249 e. The van der Waals surface area contributed by atoms with Gasteiger partial charge >= 0.3 is 0 Å². The Morgan fingerprint density at radius 1 is 1.05 bits per heavy atom. The summed E-state index contributed by atoms with van der Waals surface area (Å²) < 4.78 is 6.75.